The molecule has 0 saturated carbocycles. The number of hydrazone groups is 1. The van der Waals surface area contributed by atoms with Crippen LogP contribution in [0.4, 0.5) is 0 Å². The molecule has 0 spiro atoms. The van der Waals surface area contributed by atoms with Crippen molar-refractivity contribution in [1.82, 2.24) is 10.6 Å². The summed E-state index contributed by atoms with van der Waals surface area (Å²) in [6.07, 6.45) is 2.08. The van der Waals surface area contributed by atoms with E-state index in [1.165, 1.54) is 0 Å². The van der Waals surface area contributed by atoms with Gasteiger partial charge in [0, 0.05) is 13.6 Å². The van der Waals surface area contributed by atoms with Crippen LogP contribution in [-0.2, 0) is 0 Å². The zero-order valence-electron chi connectivity index (χ0n) is 8.91. The van der Waals surface area contributed by atoms with Gasteiger partial charge in [0.05, 0.1) is 0 Å². The highest BCUT2D eigenvalue weighted by Gasteiger charge is 2.01. The molecule has 0 rings (SSSR count). The summed E-state index contributed by atoms with van der Waals surface area (Å²) in [4.78, 5) is 10.0. The summed E-state index contributed by atoms with van der Waals surface area (Å²) in [5.74, 6) is 0.862. The third kappa shape index (κ3) is 7.33. The van der Waals surface area contributed by atoms with E-state index in [2.05, 4.69) is 29.6 Å². The van der Waals surface area contributed by atoms with E-state index in [1.54, 1.807) is 7.05 Å². The van der Waals surface area contributed by atoms with Crippen LogP contribution in [0.3, 0.4) is 0 Å². The molecule has 82 valence electrons. The normalized spacial score (nSPS) is 11.6. The molecule has 0 saturated heterocycles. The van der Waals surface area contributed by atoms with E-state index in [4.69, 9.17) is 0 Å². The molecule has 0 aromatic heterocycles. The van der Waals surface area contributed by atoms with Crippen molar-refractivity contribution in [3.05, 3.63) is 10.1 Å². The highest BCUT2D eigenvalue weighted by molar-refractivity contribution is 5.78. The molecule has 0 aliphatic rings. The zero-order chi connectivity index (χ0) is 11.0. The first kappa shape index (κ1) is 12.7. The smallest absolute Gasteiger partial charge is 0.268 e. The lowest BCUT2D eigenvalue weighted by Crippen LogP contribution is -2.36. The number of hydrogen-bond acceptors (Lipinski definition) is 2. The second-order valence-electron chi connectivity index (χ2n) is 3.40. The molecule has 6 nitrogen and oxygen atoms in total. The topological polar surface area (TPSA) is 79.6 Å². The number of nitrogens with one attached hydrogen (secondary N) is 2. The van der Waals surface area contributed by atoms with Crippen molar-refractivity contribution in [3.63, 3.8) is 0 Å². The first-order valence-electron chi connectivity index (χ1n) is 4.71. The molecule has 0 aromatic carbocycles. The third-order valence-corrected chi connectivity index (χ3v) is 1.67. The van der Waals surface area contributed by atoms with Gasteiger partial charge in [0.15, 0.2) is 5.03 Å². The fourth-order valence-corrected chi connectivity index (χ4v) is 0.972. The minimum Gasteiger partial charge on any atom is -0.354 e. The Hall–Kier alpha value is -1.33. The standard InChI is InChI=1S/C8H18N4O2/c1-7(2)5-4-6-10-8(9-3)11-12(13)14/h7H,4-6H2,1-3H3,(H2,9,10,11). The monoisotopic (exact) mass is 202 g/mol. The Morgan fingerprint density at radius 1 is 1.57 bits per heavy atom. The number of guanidine groups is 1. The van der Waals surface area contributed by atoms with Gasteiger partial charge in [-0.05, 0) is 18.8 Å². The summed E-state index contributed by atoms with van der Waals surface area (Å²) in [7, 11) is 1.60. The zero-order valence-corrected chi connectivity index (χ0v) is 8.91. The summed E-state index contributed by atoms with van der Waals surface area (Å²) in [6.45, 7) is 4.99. The van der Waals surface area contributed by atoms with Crippen molar-refractivity contribution in [2.24, 2.45) is 11.0 Å². The highest BCUT2D eigenvalue weighted by atomic mass is 16.7. The molecule has 0 radical (unpaired) electrons. The van der Waals surface area contributed by atoms with Crippen LogP contribution < -0.4 is 10.6 Å². The summed E-state index contributed by atoms with van der Waals surface area (Å²) in [5.41, 5.74) is 0. The first-order valence-corrected chi connectivity index (χ1v) is 4.71. The molecule has 0 aromatic rings. The fourth-order valence-electron chi connectivity index (χ4n) is 0.972. The summed E-state index contributed by atoms with van der Waals surface area (Å²) < 4.78 is 0. The van der Waals surface area contributed by atoms with Crippen LogP contribution in [0.2, 0.25) is 0 Å². The van der Waals surface area contributed by atoms with Crippen molar-refractivity contribution < 1.29 is 5.03 Å². The second kappa shape index (κ2) is 7.11. The quantitative estimate of drug-likeness (QED) is 0.227. The fraction of sp³-hybridized carbons (Fsp3) is 0.875. The van der Waals surface area contributed by atoms with Crippen LogP contribution in [0.1, 0.15) is 26.7 Å². The molecular weight excluding hydrogens is 184 g/mol. The van der Waals surface area contributed by atoms with Crippen LogP contribution in [0.5, 0.6) is 0 Å². The Balaban J connectivity index is 3.69. The van der Waals surface area contributed by atoms with E-state index in [-0.39, 0.29) is 5.96 Å². The van der Waals surface area contributed by atoms with Crippen LogP contribution in [0.15, 0.2) is 5.10 Å². The van der Waals surface area contributed by atoms with Crippen molar-refractivity contribution in [2.45, 2.75) is 26.7 Å². The van der Waals surface area contributed by atoms with Gasteiger partial charge in [0.1, 0.15) is 5.10 Å². The summed E-state index contributed by atoms with van der Waals surface area (Å²) in [5, 5.41) is 17.9. The molecule has 0 aliphatic carbocycles. The number of nitrogens with zero attached hydrogens (tertiary/aromatic N) is 2. The van der Waals surface area contributed by atoms with E-state index in [9.17, 15) is 10.1 Å². The van der Waals surface area contributed by atoms with Crippen LogP contribution in [0.25, 0.3) is 0 Å². The van der Waals surface area contributed by atoms with Crippen molar-refractivity contribution in [1.29, 1.82) is 0 Å². The van der Waals surface area contributed by atoms with Gasteiger partial charge in [0.2, 0.25) is 0 Å². The number of hydrogen-bond donors (Lipinski definition) is 2. The lowest BCUT2D eigenvalue weighted by Gasteiger charge is -2.07. The highest BCUT2D eigenvalue weighted by Crippen LogP contribution is 2.01. The molecule has 0 aliphatic heterocycles. The molecule has 0 atom stereocenters. The summed E-state index contributed by atoms with van der Waals surface area (Å²) >= 11 is 0. The van der Waals surface area contributed by atoms with Crippen LogP contribution in [0, 0.1) is 16.0 Å². The SMILES string of the molecule is CN/C(=N\[N+](=O)[O-])NCCCC(C)C. The Labute approximate surface area is 83.9 Å². The lowest BCUT2D eigenvalue weighted by atomic mass is 10.1. The predicted molar refractivity (Wildman–Crippen MR) is 55.6 cm³/mol. The molecule has 0 amide bonds. The molecule has 0 fully saturated rings. The van der Waals surface area contributed by atoms with Gasteiger partial charge in [-0.1, -0.05) is 13.8 Å². The Morgan fingerprint density at radius 2 is 2.21 bits per heavy atom. The van der Waals surface area contributed by atoms with Crippen LogP contribution >= 0.6 is 0 Å². The maximum atomic E-state index is 10.0. The second-order valence-corrected chi connectivity index (χ2v) is 3.40. The van der Waals surface area contributed by atoms with E-state index in [1.807, 2.05) is 0 Å². The van der Waals surface area contributed by atoms with Crippen molar-refractivity contribution in [3.8, 4) is 0 Å². The molecule has 14 heavy (non-hydrogen) atoms. The van der Waals surface area contributed by atoms with E-state index in [0.717, 1.165) is 12.8 Å². The molecule has 2 N–H and O–H groups in total. The Kier molecular flexibility index (Phi) is 6.43. The molecule has 6 heteroatoms. The Bertz CT molecular complexity index is 204. The number of rotatable bonds is 5. The van der Waals surface area contributed by atoms with Crippen molar-refractivity contribution >= 4 is 5.96 Å². The lowest BCUT2D eigenvalue weighted by molar-refractivity contribution is -0.485. The largest absolute Gasteiger partial charge is 0.354 e. The predicted octanol–water partition coefficient (Wildman–Crippen LogP) is 0.779. The molecule has 0 heterocycles. The van der Waals surface area contributed by atoms with E-state index < -0.39 is 5.03 Å². The van der Waals surface area contributed by atoms with Gasteiger partial charge < -0.3 is 10.6 Å². The van der Waals surface area contributed by atoms with E-state index in [0.29, 0.717) is 12.5 Å². The van der Waals surface area contributed by atoms with Crippen molar-refractivity contribution in [2.75, 3.05) is 13.6 Å². The van der Waals surface area contributed by atoms with Gasteiger partial charge in [-0.3, -0.25) is 0 Å². The molecule has 0 bridgehead atoms. The average Bonchev–Trinajstić information content (AvgIpc) is 2.09. The van der Waals surface area contributed by atoms with Crippen LogP contribution in [-0.4, -0.2) is 24.6 Å². The Morgan fingerprint density at radius 3 is 2.64 bits per heavy atom. The van der Waals surface area contributed by atoms with Gasteiger partial charge in [-0.2, -0.15) is 0 Å². The van der Waals surface area contributed by atoms with Gasteiger partial charge in [-0.25, -0.2) is 10.1 Å². The summed E-state index contributed by atoms with van der Waals surface area (Å²) in [6, 6.07) is 0. The molecular formula is C8H18N4O2. The van der Waals surface area contributed by atoms with Gasteiger partial charge >= 0.3 is 0 Å². The average molecular weight is 202 g/mol. The minimum atomic E-state index is -0.721. The maximum Gasteiger partial charge on any atom is 0.268 e. The minimum absolute atomic E-state index is 0.207. The third-order valence-electron chi connectivity index (χ3n) is 1.67. The number of nitro groups is 1. The van der Waals surface area contributed by atoms with Gasteiger partial charge in [0.25, 0.3) is 5.96 Å². The first-order chi connectivity index (χ1) is 6.56. The maximum absolute atomic E-state index is 10.0. The van der Waals surface area contributed by atoms with Gasteiger partial charge in [-0.15, -0.1) is 0 Å². The molecule has 0 unspecified atom stereocenters. The van der Waals surface area contributed by atoms with E-state index >= 15 is 0 Å².